The molecule has 0 aromatic heterocycles. The van der Waals surface area contributed by atoms with Gasteiger partial charge in [-0.05, 0) is 43.2 Å². The highest BCUT2D eigenvalue weighted by Gasteiger charge is 2.46. The maximum absolute atomic E-state index is 10.5. The van der Waals surface area contributed by atoms with Crippen LogP contribution >= 0.6 is 0 Å². The van der Waals surface area contributed by atoms with Gasteiger partial charge in [0.2, 0.25) is 0 Å². The van der Waals surface area contributed by atoms with E-state index < -0.39 is 30.6 Å². The van der Waals surface area contributed by atoms with E-state index in [4.69, 9.17) is 20.6 Å². The quantitative estimate of drug-likeness (QED) is 0.213. The minimum Gasteiger partial charge on any atom is -0.390 e. The fourth-order valence-electron chi connectivity index (χ4n) is 3.58. The molecule has 1 aliphatic heterocycles. The van der Waals surface area contributed by atoms with Crippen molar-refractivity contribution in [2.75, 3.05) is 20.2 Å². The highest BCUT2D eigenvalue weighted by molar-refractivity contribution is 5.13. The van der Waals surface area contributed by atoms with Gasteiger partial charge in [-0.3, -0.25) is 4.84 Å². The van der Waals surface area contributed by atoms with E-state index >= 15 is 0 Å². The van der Waals surface area contributed by atoms with Crippen LogP contribution in [-0.2, 0) is 9.57 Å². The fraction of sp³-hybridized carbons (Fsp3) is 0.765. The maximum atomic E-state index is 10.5. The van der Waals surface area contributed by atoms with E-state index in [1.165, 1.54) is 12.2 Å². The van der Waals surface area contributed by atoms with E-state index in [2.05, 4.69) is 32.7 Å². The summed E-state index contributed by atoms with van der Waals surface area (Å²) in [5.74, 6) is 0.468. The number of aliphatic hydroxyl groups excluding tert-OH is 2. The summed E-state index contributed by atoms with van der Waals surface area (Å²) in [4.78, 5) is 10.8. The molecule has 0 bridgehead atoms. The van der Waals surface area contributed by atoms with E-state index in [0.29, 0.717) is 12.5 Å². The van der Waals surface area contributed by atoms with E-state index in [1.807, 2.05) is 6.92 Å². The SMILES string of the molecule is C=C(C)[C@@H]1CC=C(CN(OC)C2O[C@H](CN=[N+]=[N-])C(N=[N+]=[N-])[C@H](O)[C@H]2O)CC1. The number of rotatable bonds is 8. The third kappa shape index (κ3) is 5.24. The second-order valence-corrected chi connectivity index (χ2v) is 7.09. The molecule has 0 saturated carbocycles. The highest BCUT2D eigenvalue weighted by atomic mass is 16.7. The molecule has 1 aliphatic carbocycles. The lowest BCUT2D eigenvalue weighted by Gasteiger charge is -2.44. The zero-order valence-electron chi connectivity index (χ0n) is 16.1. The molecule has 154 valence electrons. The molecular formula is C17H27N7O4. The molecule has 2 rings (SSSR count). The van der Waals surface area contributed by atoms with Gasteiger partial charge in [-0.15, -0.1) is 0 Å². The Kier molecular flexibility index (Phi) is 8.28. The van der Waals surface area contributed by atoms with Gasteiger partial charge >= 0.3 is 0 Å². The summed E-state index contributed by atoms with van der Waals surface area (Å²) in [6.45, 7) is 6.28. The van der Waals surface area contributed by atoms with Crippen molar-refractivity contribution in [3.8, 4) is 0 Å². The van der Waals surface area contributed by atoms with Gasteiger partial charge in [0.1, 0.15) is 6.10 Å². The van der Waals surface area contributed by atoms with Gasteiger partial charge in [0.25, 0.3) is 0 Å². The molecular weight excluding hydrogens is 366 g/mol. The smallest absolute Gasteiger partial charge is 0.162 e. The standard InChI is InChI=1S/C17H27N7O4/c1-10(2)12-6-4-11(5-7-12)9-24(27-3)17-16(26)15(25)14(21-23-19)13(28-17)8-20-22-18/h4,12-17,25-26H,1,5-9H2,2-3H3/t12-,13-,14?,15+,16-,17?/m1/s1. The zero-order chi connectivity index (χ0) is 20.7. The van der Waals surface area contributed by atoms with Crippen LogP contribution in [0.15, 0.2) is 34.0 Å². The largest absolute Gasteiger partial charge is 0.390 e. The minimum atomic E-state index is -1.39. The van der Waals surface area contributed by atoms with Crippen molar-refractivity contribution in [1.82, 2.24) is 5.06 Å². The van der Waals surface area contributed by atoms with Crippen molar-refractivity contribution in [2.24, 2.45) is 16.1 Å². The first-order valence-electron chi connectivity index (χ1n) is 9.13. The Bertz CT molecular complexity index is 687. The van der Waals surface area contributed by atoms with Crippen molar-refractivity contribution in [3.63, 3.8) is 0 Å². The van der Waals surface area contributed by atoms with Crippen LogP contribution in [-0.4, -0.2) is 66.1 Å². The molecule has 28 heavy (non-hydrogen) atoms. The Morgan fingerprint density at radius 1 is 1.39 bits per heavy atom. The second-order valence-electron chi connectivity index (χ2n) is 7.09. The van der Waals surface area contributed by atoms with Gasteiger partial charge in [0, 0.05) is 16.4 Å². The molecule has 0 amide bonds. The summed E-state index contributed by atoms with van der Waals surface area (Å²) in [6, 6.07) is -1.08. The zero-order valence-corrected chi connectivity index (χ0v) is 16.1. The molecule has 0 aromatic carbocycles. The molecule has 1 saturated heterocycles. The number of nitrogens with zero attached hydrogens (tertiary/aromatic N) is 7. The normalized spacial score (nSPS) is 32.8. The van der Waals surface area contributed by atoms with Gasteiger partial charge in [-0.2, -0.15) is 5.06 Å². The number of azide groups is 2. The summed E-state index contributed by atoms with van der Waals surface area (Å²) >= 11 is 0. The van der Waals surface area contributed by atoms with Crippen molar-refractivity contribution in [2.45, 2.75) is 56.8 Å². The van der Waals surface area contributed by atoms with E-state index in [9.17, 15) is 10.2 Å². The van der Waals surface area contributed by atoms with Crippen LogP contribution in [0.3, 0.4) is 0 Å². The Balaban J connectivity index is 2.14. The van der Waals surface area contributed by atoms with Gasteiger partial charge < -0.3 is 14.9 Å². The van der Waals surface area contributed by atoms with Crippen LogP contribution in [0.5, 0.6) is 0 Å². The predicted molar refractivity (Wildman–Crippen MR) is 102 cm³/mol. The van der Waals surface area contributed by atoms with Crippen molar-refractivity contribution < 1.29 is 19.8 Å². The fourth-order valence-corrected chi connectivity index (χ4v) is 3.58. The molecule has 11 heteroatoms. The monoisotopic (exact) mass is 393 g/mol. The Morgan fingerprint density at radius 2 is 2.14 bits per heavy atom. The summed E-state index contributed by atoms with van der Waals surface area (Å²) in [6.07, 6.45) is 0.243. The van der Waals surface area contributed by atoms with Crippen LogP contribution < -0.4 is 0 Å². The summed E-state index contributed by atoms with van der Waals surface area (Å²) < 4.78 is 5.81. The number of ether oxygens (including phenoxy) is 1. The first-order chi connectivity index (χ1) is 13.4. The van der Waals surface area contributed by atoms with E-state index in [0.717, 1.165) is 30.4 Å². The van der Waals surface area contributed by atoms with Crippen LogP contribution in [0.4, 0.5) is 0 Å². The first kappa shape index (κ1) is 22.2. The lowest BCUT2D eigenvalue weighted by Crippen LogP contribution is -2.62. The maximum Gasteiger partial charge on any atom is 0.162 e. The molecule has 2 aliphatic rings. The third-order valence-corrected chi connectivity index (χ3v) is 5.28. The van der Waals surface area contributed by atoms with Gasteiger partial charge in [-0.1, -0.05) is 34.0 Å². The molecule has 0 spiro atoms. The number of hydroxylamine groups is 2. The summed E-state index contributed by atoms with van der Waals surface area (Å²) in [7, 11) is 1.45. The first-order valence-corrected chi connectivity index (χ1v) is 9.13. The van der Waals surface area contributed by atoms with Crippen LogP contribution in [0.2, 0.25) is 0 Å². The lowest BCUT2D eigenvalue weighted by atomic mass is 9.85. The van der Waals surface area contributed by atoms with E-state index in [-0.39, 0.29) is 6.54 Å². The lowest BCUT2D eigenvalue weighted by molar-refractivity contribution is -0.305. The van der Waals surface area contributed by atoms with Crippen LogP contribution in [0, 0.1) is 5.92 Å². The highest BCUT2D eigenvalue weighted by Crippen LogP contribution is 2.31. The summed E-state index contributed by atoms with van der Waals surface area (Å²) in [5, 5.41) is 29.3. The van der Waals surface area contributed by atoms with Crippen molar-refractivity contribution >= 4 is 0 Å². The van der Waals surface area contributed by atoms with Gasteiger partial charge in [-0.25, -0.2) is 0 Å². The molecule has 11 nitrogen and oxygen atoms in total. The van der Waals surface area contributed by atoms with Crippen molar-refractivity contribution in [3.05, 3.63) is 44.7 Å². The molecule has 2 unspecified atom stereocenters. The molecule has 0 radical (unpaired) electrons. The van der Waals surface area contributed by atoms with Crippen LogP contribution in [0.25, 0.3) is 20.9 Å². The second kappa shape index (κ2) is 10.4. The Labute approximate surface area is 163 Å². The number of hydrogen-bond donors (Lipinski definition) is 2. The molecule has 1 heterocycles. The molecule has 0 aromatic rings. The average Bonchev–Trinajstić information content (AvgIpc) is 2.69. The topological polar surface area (TPSA) is 160 Å². The van der Waals surface area contributed by atoms with Gasteiger partial charge in [0.15, 0.2) is 6.23 Å². The molecule has 6 atom stereocenters. The number of allylic oxidation sites excluding steroid dienone is 2. The average molecular weight is 393 g/mol. The molecule has 1 fully saturated rings. The predicted octanol–water partition coefficient (Wildman–Crippen LogP) is 2.59. The third-order valence-electron chi connectivity index (χ3n) is 5.28. The molecule has 2 N–H and O–H groups in total. The van der Waals surface area contributed by atoms with Crippen LogP contribution in [0.1, 0.15) is 26.2 Å². The number of hydrogen-bond acceptors (Lipinski definition) is 7. The van der Waals surface area contributed by atoms with Gasteiger partial charge in [0.05, 0.1) is 31.9 Å². The van der Waals surface area contributed by atoms with E-state index in [1.54, 1.807) is 0 Å². The Hall–Kier alpha value is -2.10. The van der Waals surface area contributed by atoms with Crippen molar-refractivity contribution in [1.29, 1.82) is 0 Å². The Morgan fingerprint density at radius 3 is 2.68 bits per heavy atom. The summed E-state index contributed by atoms with van der Waals surface area (Å²) in [5.41, 5.74) is 19.6. The number of aliphatic hydroxyl groups is 2. The minimum absolute atomic E-state index is 0.152.